The first-order valence-electron chi connectivity index (χ1n) is 4.89. The highest BCUT2D eigenvalue weighted by Crippen LogP contribution is 2.35. The summed E-state index contributed by atoms with van der Waals surface area (Å²) in [4.78, 5) is 11.5. The minimum Gasteiger partial charge on any atom is -0.345 e. The van der Waals surface area contributed by atoms with Gasteiger partial charge in [0.25, 0.3) is 0 Å². The molecule has 0 aliphatic carbocycles. The summed E-state index contributed by atoms with van der Waals surface area (Å²) in [6.07, 6.45) is 1.13. The number of halogens is 1. The zero-order valence-corrected chi connectivity index (χ0v) is 11.2. The van der Waals surface area contributed by atoms with Crippen molar-refractivity contribution in [3.63, 3.8) is 0 Å². The molecular formula is C11H10BrNO3S. The molecule has 1 amide bonds. The lowest BCUT2D eigenvalue weighted by Crippen LogP contribution is -2.27. The average Bonchev–Trinajstić information content (AvgIpc) is 2.50. The summed E-state index contributed by atoms with van der Waals surface area (Å²) >= 11 is 3.23. The molecule has 1 atom stereocenters. The van der Waals surface area contributed by atoms with Crippen LogP contribution in [0.2, 0.25) is 0 Å². The summed E-state index contributed by atoms with van der Waals surface area (Å²) in [5.41, 5.74) is 0.628. The molecule has 1 aromatic carbocycles. The van der Waals surface area contributed by atoms with Crippen LogP contribution in [0.4, 0.5) is 0 Å². The van der Waals surface area contributed by atoms with Crippen molar-refractivity contribution in [3.05, 3.63) is 40.9 Å². The number of hydrogen-bond acceptors (Lipinski definition) is 3. The van der Waals surface area contributed by atoms with Crippen LogP contribution in [-0.4, -0.2) is 20.1 Å². The van der Waals surface area contributed by atoms with E-state index in [-0.39, 0.29) is 16.6 Å². The first-order valence-corrected chi connectivity index (χ1v) is 7.34. The largest absolute Gasteiger partial charge is 0.345 e. The van der Waals surface area contributed by atoms with Gasteiger partial charge in [0.1, 0.15) is 0 Å². The Bertz CT molecular complexity index is 595. The summed E-state index contributed by atoms with van der Waals surface area (Å²) in [6, 6.07) is 4.53. The van der Waals surface area contributed by atoms with Crippen molar-refractivity contribution >= 4 is 31.7 Å². The van der Waals surface area contributed by atoms with Gasteiger partial charge in [-0.3, -0.25) is 4.79 Å². The standard InChI is InChI=1S/C11H10BrNO3S/c1-2-11(14)13-9-6-17(15,16)10-5-7(12)3-4-8(9)10/h2-5,9H,1,6H2,(H,13,14). The molecule has 1 unspecified atom stereocenters. The summed E-state index contributed by atoms with van der Waals surface area (Å²) in [5, 5.41) is 2.61. The van der Waals surface area contributed by atoms with Gasteiger partial charge < -0.3 is 5.32 Å². The van der Waals surface area contributed by atoms with E-state index < -0.39 is 15.9 Å². The topological polar surface area (TPSA) is 63.2 Å². The van der Waals surface area contributed by atoms with Crippen molar-refractivity contribution in [2.75, 3.05) is 5.75 Å². The maximum atomic E-state index is 11.9. The molecule has 90 valence electrons. The zero-order valence-electron chi connectivity index (χ0n) is 8.81. The lowest BCUT2D eigenvalue weighted by atomic mass is 10.1. The molecule has 1 N–H and O–H groups in total. The minimum absolute atomic E-state index is 0.0988. The van der Waals surface area contributed by atoms with Crippen molar-refractivity contribution in [2.45, 2.75) is 10.9 Å². The lowest BCUT2D eigenvalue weighted by molar-refractivity contribution is -0.117. The SMILES string of the molecule is C=CC(=O)NC1CS(=O)(=O)c2cc(Br)ccc21. The molecule has 2 rings (SSSR count). The Kier molecular flexibility index (Phi) is 3.09. The number of rotatable bonds is 2. The Balaban J connectivity index is 2.45. The molecule has 0 saturated heterocycles. The molecule has 1 aliphatic rings. The number of amides is 1. The summed E-state index contributed by atoms with van der Waals surface area (Å²) < 4.78 is 24.5. The first-order chi connectivity index (χ1) is 7.94. The van der Waals surface area contributed by atoms with E-state index in [2.05, 4.69) is 27.8 Å². The fourth-order valence-corrected chi connectivity index (χ4v) is 4.08. The van der Waals surface area contributed by atoms with E-state index in [0.717, 1.165) is 6.08 Å². The smallest absolute Gasteiger partial charge is 0.243 e. The maximum absolute atomic E-state index is 11.9. The molecule has 17 heavy (non-hydrogen) atoms. The third kappa shape index (κ3) is 2.28. The second-order valence-corrected chi connectivity index (χ2v) is 6.65. The van der Waals surface area contributed by atoms with Gasteiger partial charge in [-0.1, -0.05) is 28.6 Å². The Labute approximate surface area is 108 Å². The predicted octanol–water partition coefficient (Wildman–Crippen LogP) is 1.58. The van der Waals surface area contributed by atoms with Gasteiger partial charge in [-0.2, -0.15) is 0 Å². The van der Waals surface area contributed by atoms with E-state index in [4.69, 9.17) is 0 Å². The fraction of sp³-hybridized carbons (Fsp3) is 0.182. The highest BCUT2D eigenvalue weighted by molar-refractivity contribution is 9.10. The van der Waals surface area contributed by atoms with Gasteiger partial charge >= 0.3 is 0 Å². The average molecular weight is 316 g/mol. The van der Waals surface area contributed by atoms with Crippen LogP contribution in [0, 0.1) is 0 Å². The quantitative estimate of drug-likeness (QED) is 0.843. The van der Waals surface area contributed by atoms with Gasteiger partial charge in [0, 0.05) is 4.47 Å². The number of carbonyl (C=O) groups is 1. The molecule has 0 fully saturated rings. The summed E-state index contributed by atoms with van der Waals surface area (Å²) in [7, 11) is -3.31. The third-order valence-electron chi connectivity index (χ3n) is 2.57. The second-order valence-electron chi connectivity index (χ2n) is 3.73. The van der Waals surface area contributed by atoms with Gasteiger partial charge in [-0.15, -0.1) is 0 Å². The normalized spacial score (nSPS) is 20.6. The van der Waals surface area contributed by atoms with Crippen LogP contribution < -0.4 is 5.32 Å². The van der Waals surface area contributed by atoms with Crippen LogP contribution in [0.3, 0.4) is 0 Å². The van der Waals surface area contributed by atoms with E-state index in [9.17, 15) is 13.2 Å². The minimum atomic E-state index is -3.31. The number of fused-ring (bicyclic) bond motifs is 1. The number of nitrogens with one attached hydrogen (secondary N) is 1. The van der Waals surface area contributed by atoms with Crippen LogP contribution >= 0.6 is 15.9 Å². The van der Waals surface area contributed by atoms with Crippen molar-refractivity contribution in [1.29, 1.82) is 0 Å². The van der Waals surface area contributed by atoms with Gasteiger partial charge in [-0.05, 0) is 23.8 Å². The molecule has 0 spiro atoms. The van der Waals surface area contributed by atoms with Gasteiger partial charge in [0.05, 0.1) is 16.7 Å². The highest BCUT2D eigenvalue weighted by Gasteiger charge is 2.35. The maximum Gasteiger partial charge on any atom is 0.243 e. The molecule has 0 bridgehead atoms. The molecule has 1 aromatic rings. The predicted molar refractivity (Wildman–Crippen MR) is 67.3 cm³/mol. The molecule has 0 saturated carbocycles. The fourth-order valence-electron chi connectivity index (χ4n) is 1.81. The van der Waals surface area contributed by atoms with Crippen molar-refractivity contribution in [1.82, 2.24) is 5.32 Å². The Hall–Kier alpha value is -1.14. The van der Waals surface area contributed by atoms with Crippen molar-refractivity contribution in [2.24, 2.45) is 0 Å². The third-order valence-corrected chi connectivity index (χ3v) is 4.86. The van der Waals surface area contributed by atoms with Gasteiger partial charge in [0.2, 0.25) is 5.91 Å². The van der Waals surface area contributed by atoms with E-state index >= 15 is 0 Å². The Morgan fingerprint density at radius 3 is 2.88 bits per heavy atom. The monoisotopic (exact) mass is 315 g/mol. The van der Waals surface area contributed by atoms with Crippen LogP contribution in [0.15, 0.2) is 40.2 Å². The van der Waals surface area contributed by atoms with Gasteiger partial charge in [-0.25, -0.2) is 8.42 Å². The molecule has 0 aromatic heterocycles. The van der Waals surface area contributed by atoms with Crippen molar-refractivity contribution in [3.8, 4) is 0 Å². The molecular weight excluding hydrogens is 306 g/mol. The number of hydrogen-bond donors (Lipinski definition) is 1. The molecule has 0 radical (unpaired) electrons. The number of benzene rings is 1. The zero-order chi connectivity index (χ0) is 12.6. The first kappa shape index (κ1) is 12.3. The highest BCUT2D eigenvalue weighted by atomic mass is 79.9. The van der Waals surface area contributed by atoms with Crippen molar-refractivity contribution < 1.29 is 13.2 Å². The molecule has 6 heteroatoms. The Morgan fingerprint density at radius 2 is 2.24 bits per heavy atom. The lowest BCUT2D eigenvalue weighted by Gasteiger charge is -2.10. The summed E-state index contributed by atoms with van der Waals surface area (Å²) in [5.74, 6) is -0.473. The molecule has 1 aliphatic heterocycles. The van der Waals surface area contributed by atoms with E-state index in [1.54, 1.807) is 18.2 Å². The Morgan fingerprint density at radius 1 is 1.53 bits per heavy atom. The number of carbonyl (C=O) groups excluding carboxylic acids is 1. The van der Waals surface area contributed by atoms with Crippen LogP contribution in [0.5, 0.6) is 0 Å². The second kappa shape index (κ2) is 4.27. The van der Waals surface area contributed by atoms with E-state index in [0.29, 0.717) is 10.0 Å². The van der Waals surface area contributed by atoms with Crippen LogP contribution in [0.25, 0.3) is 0 Å². The molecule has 4 nitrogen and oxygen atoms in total. The molecule has 1 heterocycles. The van der Waals surface area contributed by atoms with Gasteiger partial charge in [0.15, 0.2) is 9.84 Å². The van der Waals surface area contributed by atoms with E-state index in [1.165, 1.54) is 0 Å². The van der Waals surface area contributed by atoms with E-state index in [1.807, 2.05) is 0 Å². The number of sulfone groups is 1. The van der Waals surface area contributed by atoms with Crippen LogP contribution in [-0.2, 0) is 14.6 Å². The van der Waals surface area contributed by atoms with Crippen LogP contribution in [0.1, 0.15) is 11.6 Å². The summed E-state index contributed by atoms with van der Waals surface area (Å²) in [6.45, 7) is 3.34.